The smallest absolute Gasteiger partial charge is 0.321 e. The normalized spacial score (nSPS) is 23.2. The Balaban J connectivity index is 2.29. The highest BCUT2D eigenvalue weighted by Crippen LogP contribution is 2.37. The highest BCUT2D eigenvalue weighted by molar-refractivity contribution is 5.90. The summed E-state index contributed by atoms with van der Waals surface area (Å²) in [6.45, 7) is 3.88. The molecule has 17 heavy (non-hydrogen) atoms. The van der Waals surface area contributed by atoms with Crippen LogP contribution >= 0.6 is 0 Å². The molecule has 0 saturated heterocycles. The van der Waals surface area contributed by atoms with Crippen molar-refractivity contribution in [3.8, 4) is 5.75 Å². The van der Waals surface area contributed by atoms with Crippen molar-refractivity contribution in [1.82, 2.24) is 0 Å². The molecule has 0 radical (unpaired) electrons. The Morgan fingerprint density at radius 1 is 1.29 bits per heavy atom. The lowest BCUT2D eigenvalue weighted by Crippen LogP contribution is -2.20. The number of ether oxygens (including phenoxy) is 2. The summed E-state index contributed by atoms with van der Waals surface area (Å²) in [7, 11) is 1.62. The Kier molecular flexibility index (Phi) is 2.92. The summed E-state index contributed by atoms with van der Waals surface area (Å²) in [5.74, 6) is 1.25. The van der Waals surface area contributed by atoms with Gasteiger partial charge in [-0.2, -0.15) is 0 Å². The SMILES string of the molecule is CCC1(C)C=C(c2ccc(OC)cc2)OC1=O. The van der Waals surface area contributed by atoms with E-state index in [1.807, 2.05) is 44.2 Å². The third kappa shape index (κ3) is 2.05. The van der Waals surface area contributed by atoms with Crippen LogP contribution in [0.1, 0.15) is 25.8 Å². The molecule has 1 heterocycles. The van der Waals surface area contributed by atoms with Crippen LogP contribution in [0, 0.1) is 5.41 Å². The minimum atomic E-state index is -0.491. The van der Waals surface area contributed by atoms with Crippen LogP contribution in [0.4, 0.5) is 0 Å². The van der Waals surface area contributed by atoms with E-state index in [1.165, 1.54) is 0 Å². The Labute approximate surface area is 101 Å². The Bertz CT molecular complexity index is 459. The quantitative estimate of drug-likeness (QED) is 0.751. The second-order valence-corrected chi connectivity index (χ2v) is 4.40. The van der Waals surface area contributed by atoms with E-state index >= 15 is 0 Å². The lowest BCUT2D eigenvalue weighted by Gasteiger charge is -2.12. The molecule has 1 aliphatic rings. The lowest BCUT2D eigenvalue weighted by atomic mass is 9.88. The van der Waals surface area contributed by atoms with Gasteiger partial charge in [-0.05, 0) is 43.7 Å². The summed E-state index contributed by atoms with van der Waals surface area (Å²) in [5.41, 5.74) is 0.409. The first kappa shape index (κ1) is 11.7. The standard InChI is InChI=1S/C14H16O3/c1-4-14(2)9-12(17-13(14)15)10-5-7-11(16-3)8-6-10/h5-9H,4H2,1-3H3. The molecule has 0 aromatic heterocycles. The Morgan fingerprint density at radius 2 is 1.94 bits per heavy atom. The number of carbonyl (C=O) groups is 1. The number of cyclic esters (lactones) is 1. The second-order valence-electron chi connectivity index (χ2n) is 4.40. The maximum atomic E-state index is 11.7. The van der Waals surface area contributed by atoms with E-state index < -0.39 is 5.41 Å². The van der Waals surface area contributed by atoms with Gasteiger partial charge >= 0.3 is 5.97 Å². The van der Waals surface area contributed by atoms with Crippen LogP contribution in [0.25, 0.3) is 5.76 Å². The molecule has 0 N–H and O–H groups in total. The number of hydrogen-bond acceptors (Lipinski definition) is 3. The number of carbonyl (C=O) groups excluding carboxylic acids is 1. The van der Waals surface area contributed by atoms with Crippen molar-refractivity contribution in [2.24, 2.45) is 5.41 Å². The molecule has 1 aliphatic heterocycles. The van der Waals surface area contributed by atoms with E-state index in [1.54, 1.807) is 7.11 Å². The largest absolute Gasteiger partial charge is 0.497 e. The van der Waals surface area contributed by atoms with Crippen LogP contribution in [0.2, 0.25) is 0 Å². The average Bonchev–Trinajstić information content (AvgIpc) is 2.67. The van der Waals surface area contributed by atoms with Gasteiger partial charge in [-0.25, -0.2) is 0 Å². The molecule has 0 aliphatic carbocycles. The van der Waals surface area contributed by atoms with Crippen LogP contribution < -0.4 is 4.74 Å². The molecule has 3 nitrogen and oxygen atoms in total. The maximum Gasteiger partial charge on any atom is 0.321 e. The molecule has 90 valence electrons. The van der Waals surface area contributed by atoms with E-state index in [4.69, 9.17) is 9.47 Å². The molecule has 0 fully saturated rings. The Morgan fingerprint density at radius 3 is 2.41 bits per heavy atom. The van der Waals surface area contributed by atoms with E-state index in [0.717, 1.165) is 17.7 Å². The van der Waals surface area contributed by atoms with Gasteiger partial charge in [-0.3, -0.25) is 4.79 Å². The van der Waals surface area contributed by atoms with Crippen molar-refractivity contribution >= 4 is 11.7 Å². The molecule has 1 aromatic carbocycles. The monoisotopic (exact) mass is 232 g/mol. The number of methoxy groups -OCH3 is 1. The van der Waals surface area contributed by atoms with E-state index in [-0.39, 0.29) is 5.97 Å². The highest BCUT2D eigenvalue weighted by atomic mass is 16.5. The van der Waals surface area contributed by atoms with Crippen molar-refractivity contribution in [2.45, 2.75) is 20.3 Å². The molecule has 1 atom stereocenters. The van der Waals surface area contributed by atoms with Gasteiger partial charge in [0.1, 0.15) is 11.5 Å². The summed E-state index contributed by atoms with van der Waals surface area (Å²) in [5, 5.41) is 0. The topological polar surface area (TPSA) is 35.5 Å². The van der Waals surface area contributed by atoms with Crippen LogP contribution in [0.15, 0.2) is 30.3 Å². The van der Waals surface area contributed by atoms with E-state index in [2.05, 4.69) is 0 Å². The van der Waals surface area contributed by atoms with E-state index in [0.29, 0.717) is 5.76 Å². The van der Waals surface area contributed by atoms with Gasteiger partial charge in [0.05, 0.1) is 12.5 Å². The van der Waals surface area contributed by atoms with Crippen LogP contribution in [0.3, 0.4) is 0 Å². The van der Waals surface area contributed by atoms with Gasteiger partial charge < -0.3 is 9.47 Å². The summed E-state index contributed by atoms with van der Waals surface area (Å²) < 4.78 is 10.4. The molecule has 0 amide bonds. The summed E-state index contributed by atoms with van der Waals surface area (Å²) in [6.07, 6.45) is 2.64. The minimum absolute atomic E-state index is 0.175. The van der Waals surface area contributed by atoms with Gasteiger partial charge in [0.2, 0.25) is 0 Å². The second kappa shape index (κ2) is 4.24. The summed E-state index contributed by atoms with van der Waals surface area (Å²) >= 11 is 0. The third-order valence-corrected chi connectivity index (χ3v) is 3.23. The zero-order valence-corrected chi connectivity index (χ0v) is 10.3. The number of esters is 1. The van der Waals surface area contributed by atoms with Gasteiger partial charge in [-0.15, -0.1) is 0 Å². The molecule has 0 saturated carbocycles. The zero-order chi connectivity index (χ0) is 12.5. The molecular weight excluding hydrogens is 216 g/mol. The first-order valence-electron chi connectivity index (χ1n) is 5.68. The van der Waals surface area contributed by atoms with Gasteiger partial charge in [-0.1, -0.05) is 6.92 Å². The first-order valence-corrected chi connectivity index (χ1v) is 5.68. The zero-order valence-electron chi connectivity index (χ0n) is 10.3. The van der Waals surface area contributed by atoms with E-state index in [9.17, 15) is 4.79 Å². The maximum absolute atomic E-state index is 11.7. The van der Waals surface area contributed by atoms with Gasteiger partial charge in [0.25, 0.3) is 0 Å². The predicted octanol–water partition coefficient (Wildman–Crippen LogP) is 3.01. The molecule has 2 rings (SSSR count). The highest BCUT2D eigenvalue weighted by Gasteiger charge is 2.38. The third-order valence-electron chi connectivity index (χ3n) is 3.23. The Hall–Kier alpha value is -1.77. The van der Waals surface area contributed by atoms with Crippen molar-refractivity contribution < 1.29 is 14.3 Å². The van der Waals surface area contributed by atoms with Gasteiger partial charge in [0.15, 0.2) is 0 Å². The molecule has 3 heteroatoms. The molecule has 1 unspecified atom stereocenters. The number of hydrogen-bond donors (Lipinski definition) is 0. The summed E-state index contributed by atoms with van der Waals surface area (Å²) in [6, 6.07) is 7.48. The first-order chi connectivity index (χ1) is 8.09. The lowest BCUT2D eigenvalue weighted by molar-refractivity contribution is -0.142. The van der Waals surface area contributed by atoms with Crippen molar-refractivity contribution in [2.75, 3.05) is 7.11 Å². The minimum Gasteiger partial charge on any atom is -0.497 e. The van der Waals surface area contributed by atoms with Crippen LogP contribution in [-0.4, -0.2) is 13.1 Å². The van der Waals surface area contributed by atoms with Gasteiger partial charge in [0, 0.05) is 5.56 Å². The molecule has 1 aromatic rings. The van der Waals surface area contributed by atoms with Crippen molar-refractivity contribution in [1.29, 1.82) is 0 Å². The molecule has 0 bridgehead atoms. The van der Waals surface area contributed by atoms with Crippen molar-refractivity contribution in [3.05, 3.63) is 35.9 Å². The number of benzene rings is 1. The molecule has 0 spiro atoms. The predicted molar refractivity (Wildman–Crippen MR) is 65.5 cm³/mol. The fraction of sp³-hybridized carbons (Fsp3) is 0.357. The fourth-order valence-corrected chi connectivity index (χ4v) is 1.74. The van der Waals surface area contributed by atoms with Crippen molar-refractivity contribution in [3.63, 3.8) is 0 Å². The van der Waals surface area contributed by atoms with Crippen LogP contribution in [0.5, 0.6) is 5.75 Å². The fourth-order valence-electron chi connectivity index (χ4n) is 1.74. The summed E-state index contributed by atoms with van der Waals surface area (Å²) in [4.78, 5) is 11.7. The molecular formula is C14H16O3. The number of rotatable bonds is 3. The van der Waals surface area contributed by atoms with Crippen LogP contribution in [-0.2, 0) is 9.53 Å². The average molecular weight is 232 g/mol.